The lowest BCUT2D eigenvalue weighted by Gasteiger charge is -2.35. The molecule has 0 saturated carbocycles. The van der Waals surface area contributed by atoms with E-state index in [1.807, 2.05) is 6.92 Å². The molecule has 1 saturated heterocycles. The first-order valence-corrected chi connectivity index (χ1v) is 8.06. The van der Waals surface area contributed by atoms with Crippen LogP contribution < -0.4 is 5.73 Å². The fourth-order valence-corrected chi connectivity index (χ4v) is 4.15. The molecule has 1 heterocycles. The highest BCUT2D eigenvalue weighted by molar-refractivity contribution is 7.89. The molecule has 21 heavy (non-hydrogen) atoms. The Hall–Kier alpha value is -1.12. The second kappa shape index (κ2) is 5.94. The summed E-state index contributed by atoms with van der Waals surface area (Å²) in [7, 11) is -4.35. The summed E-state index contributed by atoms with van der Waals surface area (Å²) in [6.07, 6.45) is 0.561. The van der Waals surface area contributed by atoms with Gasteiger partial charge in [0, 0.05) is 25.2 Å². The highest BCUT2D eigenvalue weighted by atomic mass is 32.2. The molecule has 0 amide bonds. The molecule has 2 unspecified atom stereocenters. The quantitative estimate of drug-likeness (QED) is 0.921. The van der Waals surface area contributed by atoms with E-state index in [-0.39, 0.29) is 24.9 Å². The van der Waals surface area contributed by atoms with Crippen molar-refractivity contribution in [2.45, 2.75) is 18.2 Å². The molecule has 0 spiro atoms. The van der Waals surface area contributed by atoms with Gasteiger partial charge in [0.15, 0.2) is 4.90 Å². The SMILES string of the molecule is CC1CCN(S(=O)(=O)c2c(F)cc(F)cc2F)CC1CN. The number of nitrogens with zero attached hydrogens (tertiary/aromatic N) is 1. The van der Waals surface area contributed by atoms with Crippen molar-refractivity contribution >= 4 is 10.0 Å². The van der Waals surface area contributed by atoms with E-state index in [1.165, 1.54) is 0 Å². The van der Waals surface area contributed by atoms with Gasteiger partial charge in [-0.2, -0.15) is 4.31 Å². The summed E-state index contributed by atoms with van der Waals surface area (Å²) in [5.41, 5.74) is 5.60. The van der Waals surface area contributed by atoms with E-state index in [9.17, 15) is 21.6 Å². The molecule has 0 aliphatic carbocycles. The monoisotopic (exact) mass is 322 g/mol. The zero-order valence-electron chi connectivity index (χ0n) is 11.5. The van der Waals surface area contributed by atoms with Crippen LogP contribution in [0.4, 0.5) is 13.2 Å². The van der Waals surface area contributed by atoms with Gasteiger partial charge in [-0.3, -0.25) is 0 Å². The van der Waals surface area contributed by atoms with Gasteiger partial charge in [-0.25, -0.2) is 21.6 Å². The van der Waals surface area contributed by atoms with Gasteiger partial charge in [0.1, 0.15) is 17.5 Å². The van der Waals surface area contributed by atoms with E-state index in [0.29, 0.717) is 25.1 Å². The lowest BCUT2D eigenvalue weighted by atomic mass is 9.88. The van der Waals surface area contributed by atoms with Crippen molar-refractivity contribution in [1.29, 1.82) is 0 Å². The summed E-state index contributed by atoms with van der Waals surface area (Å²) in [6, 6.07) is 0.728. The van der Waals surface area contributed by atoms with Gasteiger partial charge >= 0.3 is 0 Å². The molecule has 1 aromatic carbocycles. The van der Waals surface area contributed by atoms with Crippen LogP contribution in [0.25, 0.3) is 0 Å². The Labute approximate surface area is 121 Å². The highest BCUT2D eigenvalue weighted by Crippen LogP contribution is 2.29. The molecule has 1 fully saturated rings. The zero-order chi connectivity index (χ0) is 15.8. The molecule has 1 aliphatic heterocycles. The van der Waals surface area contributed by atoms with E-state index < -0.39 is 32.4 Å². The topological polar surface area (TPSA) is 63.4 Å². The van der Waals surface area contributed by atoms with Gasteiger partial charge in [-0.05, 0) is 24.8 Å². The number of rotatable bonds is 3. The number of nitrogens with two attached hydrogens (primary N) is 1. The number of hydrogen-bond donors (Lipinski definition) is 1. The maximum Gasteiger partial charge on any atom is 0.248 e. The Morgan fingerprint density at radius 1 is 1.29 bits per heavy atom. The Morgan fingerprint density at radius 3 is 2.38 bits per heavy atom. The van der Waals surface area contributed by atoms with Crippen molar-refractivity contribution in [3.63, 3.8) is 0 Å². The van der Waals surface area contributed by atoms with Crippen LogP contribution >= 0.6 is 0 Å². The molecule has 1 aromatic rings. The smallest absolute Gasteiger partial charge is 0.248 e. The lowest BCUT2D eigenvalue weighted by molar-refractivity contribution is 0.202. The maximum atomic E-state index is 13.7. The summed E-state index contributed by atoms with van der Waals surface area (Å²) in [5, 5.41) is 0. The molecular formula is C13H17F3N2O2S. The third kappa shape index (κ3) is 3.07. The first-order valence-electron chi connectivity index (χ1n) is 6.62. The molecule has 4 nitrogen and oxygen atoms in total. The van der Waals surface area contributed by atoms with Gasteiger partial charge in [0.2, 0.25) is 10.0 Å². The average Bonchev–Trinajstić information content (AvgIpc) is 2.37. The van der Waals surface area contributed by atoms with Crippen LogP contribution in [-0.4, -0.2) is 32.4 Å². The van der Waals surface area contributed by atoms with Gasteiger partial charge in [0.25, 0.3) is 0 Å². The second-order valence-corrected chi connectivity index (χ2v) is 7.20. The van der Waals surface area contributed by atoms with Crippen LogP contribution in [0.2, 0.25) is 0 Å². The van der Waals surface area contributed by atoms with E-state index >= 15 is 0 Å². The first kappa shape index (κ1) is 16.3. The standard InChI is InChI=1S/C13H17F3N2O2S/c1-8-2-3-18(7-9(8)6-17)21(19,20)13-11(15)4-10(14)5-12(13)16/h4-5,8-9H,2-3,6-7,17H2,1H3. The summed E-state index contributed by atoms with van der Waals surface area (Å²) in [6.45, 7) is 2.52. The molecule has 1 aliphatic rings. The first-order chi connectivity index (χ1) is 9.77. The Bertz CT molecular complexity index is 613. The molecular weight excluding hydrogens is 305 g/mol. The van der Waals surface area contributed by atoms with Crippen LogP contribution in [0.15, 0.2) is 17.0 Å². The predicted molar refractivity (Wildman–Crippen MR) is 71.4 cm³/mol. The van der Waals surface area contributed by atoms with Crippen molar-refractivity contribution in [2.75, 3.05) is 19.6 Å². The lowest BCUT2D eigenvalue weighted by Crippen LogP contribution is -2.45. The molecule has 0 radical (unpaired) electrons. The summed E-state index contributed by atoms with van der Waals surface area (Å²) < 4.78 is 66.1. The molecule has 2 rings (SSSR count). The van der Waals surface area contributed by atoms with Crippen LogP contribution in [0, 0.1) is 29.3 Å². The minimum absolute atomic E-state index is 0.0694. The molecule has 0 aromatic heterocycles. The zero-order valence-corrected chi connectivity index (χ0v) is 12.3. The van der Waals surface area contributed by atoms with Gasteiger partial charge in [-0.15, -0.1) is 0 Å². The predicted octanol–water partition coefficient (Wildman–Crippen LogP) is 1.71. The van der Waals surface area contributed by atoms with Gasteiger partial charge in [0.05, 0.1) is 0 Å². The van der Waals surface area contributed by atoms with Gasteiger partial charge in [-0.1, -0.05) is 6.92 Å². The number of hydrogen-bond acceptors (Lipinski definition) is 3. The van der Waals surface area contributed by atoms with E-state index in [1.54, 1.807) is 0 Å². The third-order valence-corrected chi connectivity index (χ3v) is 5.86. The number of halogens is 3. The third-order valence-electron chi connectivity index (χ3n) is 3.94. The fraction of sp³-hybridized carbons (Fsp3) is 0.538. The van der Waals surface area contributed by atoms with Crippen LogP contribution in [0.1, 0.15) is 13.3 Å². The van der Waals surface area contributed by atoms with E-state index in [2.05, 4.69) is 0 Å². The minimum atomic E-state index is -4.35. The van der Waals surface area contributed by atoms with Crippen molar-refractivity contribution in [2.24, 2.45) is 17.6 Å². The van der Waals surface area contributed by atoms with Crippen LogP contribution in [-0.2, 0) is 10.0 Å². The normalized spacial score (nSPS) is 24.2. The van der Waals surface area contributed by atoms with Gasteiger partial charge < -0.3 is 5.73 Å². The van der Waals surface area contributed by atoms with E-state index in [4.69, 9.17) is 5.73 Å². The van der Waals surface area contributed by atoms with Crippen molar-refractivity contribution in [1.82, 2.24) is 4.31 Å². The number of benzene rings is 1. The fourth-order valence-electron chi connectivity index (χ4n) is 2.55. The van der Waals surface area contributed by atoms with Crippen molar-refractivity contribution in [3.8, 4) is 0 Å². The second-order valence-electron chi connectivity index (χ2n) is 5.32. The number of piperidine rings is 1. The maximum absolute atomic E-state index is 13.7. The summed E-state index contributed by atoms with van der Waals surface area (Å²) in [4.78, 5) is -1.10. The van der Waals surface area contributed by atoms with E-state index in [0.717, 1.165) is 4.31 Å². The van der Waals surface area contributed by atoms with Crippen LogP contribution in [0.3, 0.4) is 0 Å². The molecule has 8 heteroatoms. The molecule has 2 atom stereocenters. The van der Waals surface area contributed by atoms with Crippen LogP contribution in [0.5, 0.6) is 0 Å². The molecule has 2 N–H and O–H groups in total. The average molecular weight is 322 g/mol. The molecule has 118 valence electrons. The summed E-state index contributed by atoms with van der Waals surface area (Å²) in [5.74, 6) is -3.83. The van der Waals surface area contributed by atoms with Crippen molar-refractivity contribution in [3.05, 3.63) is 29.6 Å². The Kier molecular flexibility index (Phi) is 4.60. The highest BCUT2D eigenvalue weighted by Gasteiger charge is 2.36. The number of sulfonamides is 1. The Balaban J connectivity index is 2.39. The molecule has 0 bridgehead atoms. The minimum Gasteiger partial charge on any atom is -0.330 e. The van der Waals surface area contributed by atoms with Crippen molar-refractivity contribution < 1.29 is 21.6 Å². The summed E-state index contributed by atoms with van der Waals surface area (Å²) >= 11 is 0. The largest absolute Gasteiger partial charge is 0.330 e. The Morgan fingerprint density at radius 2 is 1.86 bits per heavy atom.